The van der Waals surface area contributed by atoms with Gasteiger partial charge in [0.2, 0.25) is 0 Å². The molecule has 5 rings (SSSR count). The molecule has 11 nitrogen and oxygen atoms in total. The van der Waals surface area contributed by atoms with Crippen LogP contribution in [0.15, 0.2) is 80.1 Å². The Labute approximate surface area is 299 Å². The van der Waals surface area contributed by atoms with Gasteiger partial charge in [-0.2, -0.15) is 0 Å². The number of carbonyl (C=O) groups is 2. The fourth-order valence-corrected chi connectivity index (χ4v) is 6.79. The lowest BCUT2D eigenvalue weighted by atomic mass is 9.95. The van der Waals surface area contributed by atoms with E-state index in [2.05, 4.69) is 25.7 Å². The summed E-state index contributed by atoms with van der Waals surface area (Å²) < 4.78 is 50.1. The lowest BCUT2D eigenvalue weighted by Crippen LogP contribution is -2.40. The maximum atomic E-state index is 14.4. The third-order valence-electron chi connectivity index (χ3n) is 7.56. The Bertz CT molecular complexity index is 2140. The fourth-order valence-electron chi connectivity index (χ4n) is 5.29. The summed E-state index contributed by atoms with van der Waals surface area (Å²) in [5.41, 5.74) is 1.47. The van der Waals surface area contributed by atoms with E-state index in [1.54, 1.807) is 75.4 Å². The number of ether oxygens (including phenoxy) is 6. The molecule has 3 aromatic carbocycles. The normalized spacial score (nSPS) is 14.1. The third-order valence-corrected chi connectivity index (χ3v) is 9.00. The summed E-state index contributed by atoms with van der Waals surface area (Å²) in [5.74, 6) is -0.375. The van der Waals surface area contributed by atoms with Crippen LogP contribution < -0.4 is 33.8 Å². The van der Waals surface area contributed by atoms with Gasteiger partial charge < -0.3 is 28.4 Å². The molecule has 14 heteroatoms. The largest absolute Gasteiger partial charge is 0.493 e. The molecular weight excluding hydrogens is 735 g/mol. The maximum absolute atomic E-state index is 14.4. The minimum absolute atomic E-state index is 0.0870. The molecule has 262 valence electrons. The van der Waals surface area contributed by atoms with Gasteiger partial charge in [-0.25, -0.2) is 19.0 Å². The number of fused-ring (bicyclic) bond motifs is 1. The Morgan fingerprint density at radius 1 is 1.00 bits per heavy atom. The van der Waals surface area contributed by atoms with Crippen molar-refractivity contribution in [1.82, 2.24) is 4.57 Å². The number of carbonyl (C=O) groups excluding carboxylic acids is 2. The van der Waals surface area contributed by atoms with Crippen LogP contribution in [0.1, 0.15) is 43.5 Å². The van der Waals surface area contributed by atoms with Crippen molar-refractivity contribution in [3.05, 3.63) is 113 Å². The molecule has 2 heterocycles. The molecule has 0 amide bonds. The molecule has 0 unspecified atom stereocenters. The van der Waals surface area contributed by atoms with Crippen molar-refractivity contribution >= 4 is 45.3 Å². The minimum atomic E-state index is -0.949. The van der Waals surface area contributed by atoms with Crippen LogP contribution in [0.25, 0.3) is 6.08 Å². The first-order valence-corrected chi connectivity index (χ1v) is 17.1. The second-order valence-corrected chi connectivity index (χ2v) is 12.6. The van der Waals surface area contributed by atoms with E-state index in [1.807, 2.05) is 0 Å². The summed E-state index contributed by atoms with van der Waals surface area (Å²) >= 11 is 4.62. The van der Waals surface area contributed by atoms with E-state index in [-0.39, 0.29) is 42.3 Å². The van der Waals surface area contributed by atoms with Gasteiger partial charge in [0.05, 0.1) is 49.3 Å². The van der Waals surface area contributed by atoms with Gasteiger partial charge >= 0.3 is 11.9 Å². The molecular formula is C36H34BrFN2O9S. The summed E-state index contributed by atoms with van der Waals surface area (Å²) in [5, 5.41) is 0. The van der Waals surface area contributed by atoms with E-state index < -0.39 is 29.4 Å². The van der Waals surface area contributed by atoms with Gasteiger partial charge in [-0.15, -0.1) is 0 Å². The van der Waals surface area contributed by atoms with E-state index in [9.17, 15) is 18.8 Å². The molecule has 0 saturated carbocycles. The highest BCUT2D eigenvalue weighted by Crippen LogP contribution is 2.38. The van der Waals surface area contributed by atoms with Crippen LogP contribution in [0, 0.1) is 5.82 Å². The summed E-state index contributed by atoms with van der Waals surface area (Å²) in [6.07, 6.45) is 1.64. The molecule has 0 radical (unpaired) electrons. The van der Waals surface area contributed by atoms with Crippen molar-refractivity contribution < 1.29 is 42.4 Å². The van der Waals surface area contributed by atoms with E-state index in [4.69, 9.17) is 23.7 Å². The third kappa shape index (κ3) is 7.76. The number of hydrogen-bond acceptors (Lipinski definition) is 11. The molecule has 0 N–H and O–H groups in total. The van der Waals surface area contributed by atoms with E-state index in [1.165, 1.54) is 24.9 Å². The molecule has 0 fully saturated rings. The SMILES string of the molecule is CCOC(=O)C1=C(C)N=c2s/c(=C/c3cc(Br)cc(OC)c3OCc3ccccc3F)c(=O)n2[C@H]1c1ccc(OCC(=O)OC)c(OCC)c1. The molecule has 1 atom stereocenters. The predicted molar refractivity (Wildman–Crippen MR) is 187 cm³/mol. The van der Waals surface area contributed by atoms with Crippen molar-refractivity contribution in [1.29, 1.82) is 0 Å². The number of aromatic nitrogens is 1. The highest BCUT2D eigenvalue weighted by molar-refractivity contribution is 9.10. The van der Waals surface area contributed by atoms with Crippen LogP contribution in [0.4, 0.5) is 4.39 Å². The molecule has 4 aromatic rings. The van der Waals surface area contributed by atoms with Gasteiger partial charge in [0.15, 0.2) is 34.4 Å². The van der Waals surface area contributed by atoms with Gasteiger partial charge in [-0.05, 0) is 62.7 Å². The van der Waals surface area contributed by atoms with Crippen LogP contribution >= 0.6 is 27.3 Å². The second kappa shape index (κ2) is 16.2. The molecule has 1 aromatic heterocycles. The highest BCUT2D eigenvalue weighted by atomic mass is 79.9. The van der Waals surface area contributed by atoms with Crippen molar-refractivity contribution in [2.24, 2.45) is 4.99 Å². The average Bonchev–Trinajstić information content (AvgIpc) is 3.40. The molecule has 1 aliphatic heterocycles. The Balaban J connectivity index is 1.66. The van der Waals surface area contributed by atoms with Gasteiger partial charge in [-0.3, -0.25) is 9.36 Å². The molecule has 50 heavy (non-hydrogen) atoms. The number of halogens is 2. The van der Waals surface area contributed by atoms with E-state index >= 15 is 0 Å². The quantitative estimate of drug-likeness (QED) is 0.168. The fraction of sp³-hybridized carbons (Fsp3) is 0.278. The number of esters is 2. The maximum Gasteiger partial charge on any atom is 0.343 e. The predicted octanol–water partition coefficient (Wildman–Crippen LogP) is 5.24. The summed E-state index contributed by atoms with van der Waals surface area (Å²) in [4.78, 5) is 44.5. The number of methoxy groups -OCH3 is 2. The first kappa shape index (κ1) is 36.3. The van der Waals surface area contributed by atoms with Gasteiger partial charge in [-0.1, -0.05) is 51.5 Å². The zero-order valence-electron chi connectivity index (χ0n) is 27.9. The highest BCUT2D eigenvalue weighted by Gasteiger charge is 2.34. The number of nitrogens with zero attached hydrogens (tertiary/aromatic N) is 2. The zero-order chi connectivity index (χ0) is 35.9. The topological polar surface area (TPSA) is 124 Å². The van der Waals surface area contributed by atoms with E-state index in [0.29, 0.717) is 48.9 Å². The van der Waals surface area contributed by atoms with Gasteiger partial charge in [0.1, 0.15) is 12.4 Å². The minimum Gasteiger partial charge on any atom is -0.493 e. The number of hydrogen-bond donors (Lipinski definition) is 0. The monoisotopic (exact) mass is 768 g/mol. The summed E-state index contributed by atoms with van der Waals surface area (Å²) in [7, 11) is 2.74. The Morgan fingerprint density at radius 3 is 2.48 bits per heavy atom. The van der Waals surface area contributed by atoms with Crippen molar-refractivity contribution in [2.45, 2.75) is 33.4 Å². The van der Waals surface area contributed by atoms with Crippen molar-refractivity contribution in [3.63, 3.8) is 0 Å². The number of rotatable bonds is 13. The summed E-state index contributed by atoms with van der Waals surface area (Å²) in [6.45, 7) is 5.12. The van der Waals surface area contributed by atoms with Crippen LogP contribution in [0.3, 0.4) is 0 Å². The van der Waals surface area contributed by atoms with Crippen LogP contribution in [0.5, 0.6) is 23.0 Å². The van der Waals surface area contributed by atoms with Crippen LogP contribution in [-0.4, -0.2) is 50.5 Å². The second-order valence-electron chi connectivity index (χ2n) is 10.7. The van der Waals surface area contributed by atoms with Crippen molar-refractivity contribution in [3.8, 4) is 23.0 Å². The average molecular weight is 770 g/mol. The smallest absolute Gasteiger partial charge is 0.343 e. The first-order chi connectivity index (χ1) is 24.1. The van der Waals surface area contributed by atoms with Gasteiger partial charge in [0, 0.05) is 15.6 Å². The van der Waals surface area contributed by atoms with Gasteiger partial charge in [0.25, 0.3) is 5.56 Å². The molecule has 0 aliphatic carbocycles. The molecule has 0 spiro atoms. The molecule has 0 saturated heterocycles. The number of benzene rings is 3. The zero-order valence-corrected chi connectivity index (χ0v) is 30.3. The first-order valence-electron chi connectivity index (χ1n) is 15.5. The van der Waals surface area contributed by atoms with Crippen molar-refractivity contribution in [2.75, 3.05) is 34.0 Å². The Morgan fingerprint density at radius 2 is 1.78 bits per heavy atom. The van der Waals surface area contributed by atoms with E-state index in [0.717, 1.165) is 11.3 Å². The lowest BCUT2D eigenvalue weighted by molar-refractivity contribution is -0.143. The summed E-state index contributed by atoms with van der Waals surface area (Å²) in [6, 6.07) is 13.7. The Kier molecular flexibility index (Phi) is 11.8. The molecule has 1 aliphatic rings. The standard InChI is InChI=1S/C36H34BrFN2O9S/c1-6-46-27-15-21(12-13-26(27)48-19-30(41)45-5)32-31(35(43)47-7-2)20(3)39-36-40(32)34(42)29(50-36)16-23-14-24(37)17-28(44-4)33(23)49-18-22-10-8-9-11-25(22)38/h8-17,32H,6-7,18-19H2,1-5H3/b29-16+/t32-/m0/s1. The van der Waals surface area contributed by atoms with Crippen LogP contribution in [0.2, 0.25) is 0 Å². The number of allylic oxidation sites excluding steroid dienone is 1. The molecule has 0 bridgehead atoms. The Hall–Kier alpha value is -4.95. The van der Waals surface area contributed by atoms with Crippen LogP contribution in [-0.2, 0) is 25.7 Å². The lowest BCUT2D eigenvalue weighted by Gasteiger charge is -2.25. The number of thiazole rings is 1.